The van der Waals surface area contributed by atoms with Gasteiger partial charge in [-0.3, -0.25) is 4.79 Å². The van der Waals surface area contributed by atoms with Crippen molar-refractivity contribution in [1.82, 2.24) is 9.47 Å². The Morgan fingerprint density at radius 2 is 1.90 bits per heavy atom. The number of hydrogen-bond donors (Lipinski definition) is 1. The molecule has 2 aromatic rings. The van der Waals surface area contributed by atoms with Crippen LogP contribution in [0.25, 0.3) is 11.3 Å². The Labute approximate surface area is 126 Å². The molecule has 0 saturated heterocycles. The molecule has 20 heavy (non-hydrogen) atoms. The maximum Gasteiger partial charge on any atom is 0.270 e. The number of rotatable bonds is 4. The first-order valence-corrected chi connectivity index (χ1v) is 7.12. The summed E-state index contributed by atoms with van der Waals surface area (Å²) in [6.45, 7) is 0.295. The third-order valence-electron chi connectivity index (χ3n) is 3.26. The van der Waals surface area contributed by atoms with E-state index in [1.54, 1.807) is 7.05 Å². The predicted molar refractivity (Wildman–Crippen MR) is 82.6 cm³/mol. The Kier molecular flexibility index (Phi) is 4.62. The first kappa shape index (κ1) is 14.8. The molecule has 1 aromatic heterocycles. The summed E-state index contributed by atoms with van der Waals surface area (Å²) < 4.78 is 2.90. The Morgan fingerprint density at radius 1 is 1.25 bits per heavy atom. The summed E-state index contributed by atoms with van der Waals surface area (Å²) in [7, 11) is 3.56. The Hall–Kier alpha value is -1.59. The fraction of sp³-hybridized carbons (Fsp3) is 0.267. The number of aliphatic hydroxyl groups excluding tert-OH is 1. The molecule has 2 rings (SSSR count). The number of carbonyl (C=O) groups excluding carboxylic acids is 1. The molecule has 0 aliphatic rings. The fourth-order valence-corrected chi connectivity index (χ4v) is 2.35. The molecule has 0 aliphatic carbocycles. The zero-order chi connectivity index (χ0) is 14.7. The molecule has 0 fully saturated rings. The third kappa shape index (κ3) is 2.94. The number of aliphatic hydroxyl groups is 1. The van der Waals surface area contributed by atoms with Crippen molar-refractivity contribution in [3.8, 4) is 11.3 Å². The second kappa shape index (κ2) is 6.24. The Morgan fingerprint density at radius 3 is 2.50 bits per heavy atom. The molecule has 0 aliphatic heterocycles. The van der Waals surface area contributed by atoms with Crippen LogP contribution in [0.2, 0.25) is 0 Å². The van der Waals surface area contributed by atoms with E-state index >= 15 is 0 Å². The smallest absolute Gasteiger partial charge is 0.270 e. The van der Waals surface area contributed by atoms with Crippen LogP contribution in [0.4, 0.5) is 0 Å². The second-order valence-electron chi connectivity index (χ2n) is 4.62. The van der Waals surface area contributed by atoms with Gasteiger partial charge in [-0.15, -0.1) is 0 Å². The van der Waals surface area contributed by atoms with Crippen molar-refractivity contribution in [1.29, 1.82) is 0 Å². The van der Waals surface area contributed by atoms with Crippen LogP contribution < -0.4 is 0 Å². The molecule has 0 bridgehead atoms. The molecule has 0 radical (unpaired) electrons. The second-order valence-corrected chi connectivity index (χ2v) is 5.54. The van der Waals surface area contributed by atoms with Crippen molar-refractivity contribution < 1.29 is 9.90 Å². The van der Waals surface area contributed by atoms with Gasteiger partial charge in [-0.25, -0.2) is 0 Å². The maximum absolute atomic E-state index is 12.2. The summed E-state index contributed by atoms with van der Waals surface area (Å²) in [5, 5.41) is 8.91. The molecule has 1 N–H and O–H groups in total. The molecule has 0 atom stereocenters. The van der Waals surface area contributed by atoms with E-state index in [-0.39, 0.29) is 12.5 Å². The highest BCUT2D eigenvalue weighted by Gasteiger charge is 2.16. The maximum atomic E-state index is 12.2. The van der Waals surface area contributed by atoms with Gasteiger partial charge in [-0.1, -0.05) is 28.1 Å². The number of carbonyl (C=O) groups is 1. The number of hydrogen-bond acceptors (Lipinski definition) is 2. The predicted octanol–water partition coefficient (Wildman–Crippen LogP) is 2.52. The monoisotopic (exact) mass is 336 g/mol. The van der Waals surface area contributed by atoms with E-state index in [1.807, 2.05) is 48.0 Å². The van der Waals surface area contributed by atoms with Crippen molar-refractivity contribution >= 4 is 21.8 Å². The first-order chi connectivity index (χ1) is 9.54. The van der Waals surface area contributed by atoms with Crippen LogP contribution >= 0.6 is 15.9 Å². The van der Waals surface area contributed by atoms with Gasteiger partial charge in [0, 0.05) is 30.8 Å². The van der Waals surface area contributed by atoms with Gasteiger partial charge in [0.1, 0.15) is 5.69 Å². The van der Waals surface area contributed by atoms with E-state index in [9.17, 15) is 4.79 Å². The van der Waals surface area contributed by atoms with Gasteiger partial charge in [0.2, 0.25) is 0 Å². The van der Waals surface area contributed by atoms with Crippen molar-refractivity contribution in [2.75, 3.05) is 20.2 Å². The largest absolute Gasteiger partial charge is 0.395 e. The van der Waals surface area contributed by atoms with Crippen LogP contribution in [-0.4, -0.2) is 40.7 Å². The topological polar surface area (TPSA) is 45.5 Å². The summed E-state index contributed by atoms with van der Waals surface area (Å²) in [6, 6.07) is 11.7. The lowest BCUT2D eigenvalue weighted by Crippen LogP contribution is -2.30. The lowest BCUT2D eigenvalue weighted by molar-refractivity contribution is 0.0758. The summed E-state index contributed by atoms with van der Waals surface area (Å²) in [5.41, 5.74) is 2.65. The number of halogens is 1. The molecule has 1 amide bonds. The van der Waals surface area contributed by atoms with Gasteiger partial charge in [0.15, 0.2) is 0 Å². The molecule has 106 valence electrons. The van der Waals surface area contributed by atoms with Crippen LogP contribution in [0.3, 0.4) is 0 Å². The molecule has 4 nitrogen and oxygen atoms in total. The van der Waals surface area contributed by atoms with Gasteiger partial charge in [0.25, 0.3) is 5.91 Å². The normalized spacial score (nSPS) is 10.6. The van der Waals surface area contributed by atoms with Crippen molar-refractivity contribution in [3.63, 3.8) is 0 Å². The first-order valence-electron chi connectivity index (χ1n) is 6.32. The van der Waals surface area contributed by atoms with Gasteiger partial charge in [-0.05, 0) is 29.8 Å². The van der Waals surface area contributed by atoms with E-state index in [0.717, 1.165) is 15.7 Å². The van der Waals surface area contributed by atoms with E-state index < -0.39 is 0 Å². The summed E-state index contributed by atoms with van der Waals surface area (Å²) in [5.74, 6) is -0.0927. The molecule has 1 heterocycles. The molecule has 0 spiro atoms. The van der Waals surface area contributed by atoms with Crippen molar-refractivity contribution in [2.24, 2.45) is 7.05 Å². The zero-order valence-electron chi connectivity index (χ0n) is 11.5. The average Bonchev–Trinajstić information content (AvgIpc) is 2.81. The molecule has 1 aromatic carbocycles. The Bertz CT molecular complexity index is 605. The van der Waals surface area contributed by atoms with E-state index in [1.165, 1.54) is 4.90 Å². The lowest BCUT2D eigenvalue weighted by Gasteiger charge is -2.16. The highest BCUT2D eigenvalue weighted by Crippen LogP contribution is 2.24. The molecular formula is C15H17BrN2O2. The van der Waals surface area contributed by atoms with Crippen LogP contribution in [-0.2, 0) is 7.05 Å². The van der Waals surface area contributed by atoms with Gasteiger partial charge in [-0.2, -0.15) is 0 Å². The number of nitrogens with zero attached hydrogens (tertiary/aromatic N) is 2. The minimum atomic E-state index is -0.0927. The van der Waals surface area contributed by atoms with Crippen LogP contribution in [0.15, 0.2) is 40.9 Å². The standard InChI is InChI=1S/C15H17BrN2O2/c1-17(9-10-19)15(20)14-8-7-13(18(14)2)11-3-5-12(16)6-4-11/h3-8,19H,9-10H2,1-2H3. The summed E-state index contributed by atoms with van der Waals surface area (Å²) >= 11 is 3.41. The van der Waals surface area contributed by atoms with Crippen molar-refractivity contribution in [2.45, 2.75) is 0 Å². The number of benzene rings is 1. The van der Waals surface area contributed by atoms with E-state index in [4.69, 9.17) is 5.11 Å². The molecule has 0 unspecified atom stereocenters. The SMILES string of the molecule is CN(CCO)C(=O)c1ccc(-c2ccc(Br)cc2)n1C. The quantitative estimate of drug-likeness (QED) is 0.932. The van der Waals surface area contributed by atoms with Gasteiger partial charge >= 0.3 is 0 Å². The zero-order valence-corrected chi connectivity index (χ0v) is 13.1. The third-order valence-corrected chi connectivity index (χ3v) is 3.79. The van der Waals surface area contributed by atoms with Gasteiger partial charge < -0.3 is 14.6 Å². The number of amides is 1. The number of aromatic nitrogens is 1. The Balaban J connectivity index is 2.31. The average molecular weight is 337 g/mol. The van der Waals surface area contributed by atoms with Crippen LogP contribution in [0.5, 0.6) is 0 Å². The summed E-state index contributed by atoms with van der Waals surface area (Å²) in [4.78, 5) is 13.8. The molecular weight excluding hydrogens is 320 g/mol. The lowest BCUT2D eigenvalue weighted by atomic mass is 10.1. The highest BCUT2D eigenvalue weighted by atomic mass is 79.9. The highest BCUT2D eigenvalue weighted by molar-refractivity contribution is 9.10. The minimum absolute atomic E-state index is 0.0355. The van der Waals surface area contributed by atoms with Crippen LogP contribution in [0, 0.1) is 0 Å². The molecule has 0 saturated carbocycles. The number of likely N-dealkylation sites (N-methyl/N-ethyl adjacent to an activating group) is 1. The minimum Gasteiger partial charge on any atom is -0.395 e. The summed E-state index contributed by atoms with van der Waals surface area (Å²) in [6.07, 6.45) is 0. The van der Waals surface area contributed by atoms with Crippen LogP contribution in [0.1, 0.15) is 10.5 Å². The van der Waals surface area contributed by atoms with Gasteiger partial charge in [0.05, 0.1) is 6.61 Å². The molecule has 5 heteroatoms. The fourth-order valence-electron chi connectivity index (χ4n) is 2.08. The van der Waals surface area contributed by atoms with Crippen molar-refractivity contribution in [3.05, 3.63) is 46.6 Å². The van der Waals surface area contributed by atoms with E-state index in [2.05, 4.69) is 15.9 Å². The van der Waals surface area contributed by atoms with E-state index in [0.29, 0.717) is 12.2 Å².